The van der Waals surface area contributed by atoms with Gasteiger partial charge in [-0.2, -0.15) is 0 Å². The highest BCUT2D eigenvalue weighted by atomic mass is 35.5. The molecule has 2 heterocycles. The summed E-state index contributed by atoms with van der Waals surface area (Å²) in [6.07, 6.45) is 8.50. The summed E-state index contributed by atoms with van der Waals surface area (Å²) in [4.78, 5) is 123. The fourth-order valence-corrected chi connectivity index (χ4v) is 18.8. The van der Waals surface area contributed by atoms with Gasteiger partial charge in [0, 0.05) is 122 Å². The molecule has 0 spiro atoms. The number of aliphatic carboxylic acids is 1. The molecule has 2 aliphatic heterocycles. The topological polar surface area (TPSA) is 346 Å². The van der Waals surface area contributed by atoms with Gasteiger partial charge >= 0.3 is 43.1 Å². The number of carboxylic acids is 1. The minimum absolute atomic E-state index is 0.00163. The van der Waals surface area contributed by atoms with Crippen LogP contribution < -0.4 is 38.2 Å². The van der Waals surface area contributed by atoms with Crippen LogP contribution in [-0.2, 0) is 73.1 Å². The van der Waals surface area contributed by atoms with Gasteiger partial charge in [-0.3, -0.25) is 38.4 Å². The summed E-state index contributed by atoms with van der Waals surface area (Å²) in [5, 5.41) is 23.2. The SMILES string of the molecule is CC1(C)OB(c2ccc(N)cc2Cl)OC1(C)C.CC1(CC(=O)O)CCc2cc(-c3ccc(NC(=O)Nc4cccc(Cl)c4)cc3Cl)ccc2C1=O.CC1CCCO1.CCOC(=O)CC1(C)CCc2cc(-c3ccc(N)cc3Cl)ccc2C1=O.CCOC(=O)CC1(C)CCc2cc(-c3ccc(NC(=O)Nc4cccc(Cl)c4)cc3Cl)ccc2C1=O.CCOC(=O)CC1(C)CCc2cc(C)ccc2C1=O. The van der Waals surface area contributed by atoms with E-state index in [1.54, 1.807) is 137 Å². The minimum atomic E-state index is -0.974. The number of hydrogen-bond acceptors (Lipinski definition) is 18. The molecule has 0 aromatic heterocycles. The van der Waals surface area contributed by atoms with Crippen molar-refractivity contribution in [2.75, 3.05) is 59.2 Å². The van der Waals surface area contributed by atoms with Gasteiger partial charge < -0.3 is 66.1 Å². The van der Waals surface area contributed by atoms with E-state index in [4.69, 9.17) is 109 Å². The van der Waals surface area contributed by atoms with Crippen molar-refractivity contribution in [2.45, 2.75) is 197 Å². The fraction of sp³-hybridized carbons (Fsp3) is 0.352. The van der Waals surface area contributed by atoms with Crippen molar-refractivity contribution in [1.82, 2.24) is 0 Å². The zero-order chi connectivity index (χ0) is 101. The summed E-state index contributed by atoms with van der Waals surface area (Å²) in [6, 6.07) is 56.8. The number of halogens is 6. The number of nitrogen functional groups attached to an aromatic ring is 2. The summed E-state index contributed by atoms with van der Waals surface area (Å²) >= 11 is 37.4. The molecule has 30 heteroatoms. The van der Waals surface area contributed by atoms with Gasteiger partial charge in [-0.1, -0.05) is 212 Å². The van der Waals surface area contributed by atoms with Crippen LogP contribution in [0, 0.1) is 28.6 Å². The average molecular weight is 1990 g/mol. The molecule has 9 N–H and O–H groups in total. The number of ketones is 4. The van der Waals surface area contributed by atoms with Crippen LogP contribution in [0.25, 0.3) is 33.4 Å². The van der Waals surface area contributed by atoms with Gasteiger partial charge in [-0.05, 0) is 250 Å². The van der Waals surface area contributed by atoms with Crippen LogP contribution in [0.5, 0.6) is 0 Å². The van der Waals surface area contributed by atoms with Gasteiger partial charge in [0.1, 0.15) is 0 Å². The second-order valence-electron chi connectivity index (χ2n) is 37.4. The molecule has 5 unspecified atom stereocenters. The molecule has 0 radical (unpaired) electrons. The van der Waals surface area contributed by atoms with Crippen molar-refractivity contribution in [2.24, 2.45) is 21.7 Å². The average Bonchev–Trinajstić information content (AvgIpc) is 1.06. The van der Waals surface area contributed by atoms with Gasteiger partial charge in [-0.25, -0.2) is 9.59 Å². The molecule has 16 rings (SSSR count). The number of anilines is 6. The normalized spacial score (nSPS) is 19.4. The molecule has 2 fully saturated rings. The Morgan fingerprint density at radius 2 is 0.732 bits per heavy atom. The Hall–Kier alpha value is -11.4. The lowest BCUT2D eigenvalue weighted by Gasteiger charge is -2.32. The quantitative estimate of drug-likeness (QED) is 0.0171. The van der Waals surface area contributed by atoms with Crippen LogP contribution in [0.1, 0.15) is 217 Å². The molecule has 4 aliphatic carbocycles. The highest BCUT2D eigenvalue weighted by Gasteiger charge is 2.53. The van der Waals surface area contributed by atoms with Crippen molar-refractivity contribution < 1.29 is 81.3 Å². The lowest BCUT2D eigenvalue weighted by molar-refractivity contribution is -0.146. The fourth-order valence-electron chi connectivity index (χ4n) is 17.3. The van der Waals surface area contributed by atoms with E-state index in [0.29, 0.717) is 145 Å². The number of Topliss-reactive ketones (excluding diaryl/α,β-unsaturated/α-hetero) is 4. The van der Waals surface area contributed by atoms with Crippen molar-refractivity contribution in [3.05, 3.63) is 274 Å². The molecule has 23 nitrogen and oxygen atoms in total. The van der Waals surface area contributed by atoms with E-state index in [2.05, 4.69) is 34.3 Å². The maximum Gasteiger partial charge on any atom is 0.496 e. The highest BCUT2D eigenvalue weighted by Crippen LogP contribution is 2.47. The Morgan fingerprint density at radius 1 is 0.406 bits per heavy atom. The van der Waals surface area contributed by atoms with Crippen LogP contribution in [0.15, 0.2) is 194 Å². The molecule has 2 saturated heterocycles. The molecule has 5 atom stereocenters. The second-order valence-corrected chi connectivity index (χ2v) is 39.9. The molecule has 10 aromatic rings. The molecule has 0 saturated carbocycles. The van der Waals surface area contributed by atoms with Crippen LogP contribution in [0.2, 0.25) is 30.1 Å². The predicted molar refractivity (Wildman–Crippen MR) is 550 cm³/mol. The third-order valence-corrected chi connectivity index (χ3v) is 27.6. The third kappa shape index (κ3) is 27.4. The number of urea groups is 2. The molecular formula is C108H117BCl6N6O17. The minimum Gasteiger partial charge on any atom is -0.481 e. The maximum absolute atomic E-state index is 13.2. The Balaban J connectivity index is 0.000000167. The lowest BCUT2D eigenvalue weighted by Crippen LogP contribution is -2.41. The number of carbonyl (C=O) groups is 10. The second kappa shape index (κ2) is 46.6. The van der Waals surface area contributed by atoms with E-state index in [1.807, 2.05) is 134 Å². The van der Waals surface area contributed by atoms with Gasteiger partial charge in [0.15, 0.2) is 23.1 Å². The number of nitrogens with two attached hydrogens (primary N) is 2. The number of ether oxygens (including phenoxy) is 4. The molecule has 10 aromatic carbocycles. The number of benzene rings is 10. The van der Waals surface area contributed by atoms with Crippen molar-refractivity contribution in [1.29, 1.82) is 0 Å². The Bertz CT molecular complexity index is 6250. The summed E-state index contributed by atoms with van der Waals surface area (Å²) in [7, 11) is -0.437. The van der Waals surface area contributed by atoms with Crippen LogP contribution >= 0.6 is 69.6 Å². The Morgan fingerprint density at radius 3 is 1.05 bits per heavy atom. The van der Waals surface area contributed by atoms with Crippen molar-refractivity contribution >= 4 is 175 Å². The first-order valence-corrected chi connectivity index (χ1v) is 48.2. The van der Waals surface area contributed by atoms with Crippen LogP contribution in [0.4, 0.5) is 43.7 Å². The molecule has 0 bridgehead atoms. The summed E-state index contributed by atoms with van der Waals surface area (Å²) in [6.45, 7) is 26.7. The molecule has 6 aliphatic rings. The van der Waals surface area contributed by atoms with E-state index < -0.39 is 46.8 Å². The number of carboxylic acid groups (broad SMARTS) is 1. The highest BCUT2D eigenvalue weighted by molar-refractivity contribution is 6.65. The number of hydrogen-bond donors (Lipinski definition) is 7. The number of aryl methyl sites for hydroxylation is 5. The molecule has 726 valence electrons. The summed E-state index contributed by atoms with van der Waals surface area (Å²) in [5.74, 6) is -2.04. The first kappa shape index (κ1) is 107. The number of fused-ring (bicyclic) bond motifs is 4. The van der Waals surface area contributed by atoms with Gasteiger partial charge in [0.05, 0.1) is 77.9 Å². The lowest BCUT2D eigenvalue weighted by atomic mass is 9.69. The summed E-state index contributed by atoms with van der Waals surface area (Å²) in [5.41, 5.74) is 24.8. The van der Waals surface area contributed by atoms with Gasteiger partial charge in [0.2, 0.25) is 0 Å². The summed E-state index contributed by atoms with van der Waals surface area (Å²) < 4.78 is 32.1. The molecular weight excluding hydrogens is 1880 g/mol. The number of rotatable bonds is 19. The zero-order valence-electron chi connectivity index (χ0n) is 79.8. The van der Waals surface area contributed by atoms with Gasteiger partial charge in [0.25, 0.3) is 0 Å². The monoisotopic (exact) mass is 1990 g/mol. The largest absolute Gasteiger partial charge is 0.496 e. The third-order valence-electron chi connectivity index (χ3n) is 25.8. The predicted octanol–water partition coefficient (Wildman–Crippen LogP) is 25.5. The number of amides is 4. The van der Waals surface area contributed by atoms with Crippen LogP contribution in [0.3, 0.4) is 0 Å². The maximum atomic E-state index is 13.2. The van der Waals surface area contributed by atoms with Crippen LogP contribution in [-0.4, -0.2) is 115 Å². The molecule has 138 heavy (non-hydrogen) atoms. The number of carbonyl (C=O) groups excluding carboxylic acids is 9. The van der Waals surface area contributed by atoms with Crippen molar-refractivity contribution in [3.63, 3.8) is 0 Å². The molecule has 4 amide bonds. The van der Waals surface area contributed by atoms with E-state index in [-0.39, 0.29) is 77.9 Å². The Kier molecular flexibility index (Phi) is 36.1. The van der Waals surface area contributed by atoms with Gasteiger partial charge in [-0.15, -0.1) is 0 Å². The van der Waals surface area contributed by atoms with E-state index in [9.17, 15) is 53.1 Å². The zero-order valence-corrected chi connectivity index (χ0v) is 84.3. The van der Waals surface area contributed by atoms with E-state index >= 15 is 0 Å². The van der Waals surface area contributed by atoms with E-state index in [1.165, 1.54) is 18.4 Å². The standard InChI is InChI=1S/C28H26Cl2N2O4.C26H22Cl2N2O4.C21H22ClNO3.C16H20O3.C12H17BClNO2.C5H10O/c1-3-36-25(33)16-28(2)12-11-18-13-17(7-9-23(18)26(28)34)22-10-8-21(15-24(22)30)32-27(35)31-20-6-4-5-19(29)14-20;1-26(14-23(31)32)10-9-16-11-15(5-7-21(16)24(26)33)20-8-6-19(13-22(20)28)30-25(34)29-18-4-2-3-17(27)12-18;1-3-26-19(24)12-21(2)9-8-14-10-13(4-6-17(14)20(21)25)16-7-5-15(23)11-18(16)22;1-4-19-14(17)10-16(3)8-7-12-9-11(2)5-6-13(12)15(16)18;1-11(2)12(3,4)17-13(16-11)9-6-5-8(15)7-10(9)14;1-5-3-2-4-6-5/h4-10,13-15H,3,11-12,16H2,1-2H3,(H2,31,32,35);2-8,11-13H,9-10,14H2,1H3,(H,31,32)(H2,29,30,34);4-7,10-11H,3,8-9,12,23H2,1-2H3;5-6,9H,4,7-8,10H2,1-3H3;5-7H,15H2,1-4H3;5H,2-4H2,1H3. The smallest absolute Gasteiger partial charge is 0.481 e. The van der Waals surface area contributed by atoms with E-state index in [0.717, 1.165) is 86.1 Å². The first-order valence-electron chi connectivity index (χ1n) is 46.0. The number of nitrogens with one attached hydrogen (secondary N) is 4. The van der Waals surface area contributed by atoms with Crippen molar-refractivity contribution in [3.8, 4) is 33.4 Å². The Labute approximate surface area is 836 Å². The first-order chi connectivity index (χ1) is 65.2. The number of esters is 3.